The largest absolute Gasteiger partial charge is 0.357 e. The number of rotatable bonds is 6. The summed E-state index contributed by atoms with van der Waals surface area (Å²) >= 11 is 0. The summed E-state index contributed by atoms with van der Waals surface area (Å²) in [5, 5.41) is 6.54. The predicted octanol–water partition coefficient (Wildman–Crippen LogP) is 2.88. The van der Waals surface area contributed by atoms with Gasteiger partial charge in [-0.1, -0.05) is 18.2 Å². The van der Waals surface area contributed by atoms with Gasteiger partial charge >= 0.3 is 0 Å². The highest BCUT2D eigenvalue weighted by atomic mass is 127. The molecule has 0 aliphatic carbocycles. The van der Waals surface area contributed by atoms with E-state index in [0.29, 0.717) is 23.9 Å². The molecule has 1 aromatic carbocycles. The zero-order valence-electron chi connectivity index (χ0n) is 17.7. The molecule has 0 bridgehead atoms. The minimum absolute atomic E-state index is 0. The van der Waals surface area contributed by atoms with Crippen LogP contribution in [-0.2, 0) is 22.9 Å². The van der Waals surface area contributed by atoms with Crippen molar-refractivity contribution >= 4 is 45.6 Å². The van der Waals surface area contributed by atoms with Crippen LogP contribution in [0.4, 0.5) is 5.82 Å². The lowest BCUT2D eigenvalue weighted by Crippen LogP contribution is -2.36. The topological polar surface area (TPSA) is 86.7 Å². The van der Waals surface area contributed by atoms with Crippen molar-refractivity contribution in [3.8, 4) is 0 Å². The van der Waals surface area contributed by atoms with Crippen molar-refractivity contribution in [1.82, 2.24) is 15.6 Å². The Hall–Kier alpha value is -1.88. The molecule has 1 saturated heterocycles. The van der Waals surface area contributed by atoms with Crippen molar-refractivity contribution in [2.75, 3.05) is 31.3 Å². The Morgan fingerprint density at radius 1 is 1.10 bits per heavy atom. The smallest absolute Gasteiger partial charge is 0.191 e. The molecule has 164 valence electrons. The molecule has 0 unspecified atom stereocenters. The van der Waals surface area contributed by atoms with Crippen LogP contribution in [0.1, 0.15) is 29.5 Å². The Bertz CT molecular complexity index is 971. The van der Waals surface area contributed by atoms with Crippen LogP contribution in [0.2, 0.25) is 0 Å². The molecular formula is C21H30IN5O2S. The quantitative estimate of drug-likeness (QED) is 0.331. The highest BCUT2D eigenvalue weighted by Gasteiger charge is 2.13. The molecule has 30 heavy (non-hydrogen) atoms. The molecule has 1 aliphatic heterocycles. The molecule has 1 fully saturated rings. The normalized spacial score (nSPS) is 14.4. The van der Waals surface area contributed by atoms with Gasteiger partial charge in [0, 0.05) is 45.7 Å². The number of aryl methyl sites for hydroxylation is 1. The average Bonchev–Trinajstić information content (AvgIpc) is 3.22. The molecule has 2 heterocycles. The third-order valence-corrected chi connectivity index (χ3v) is 6.28. The van der Waals surface area contributed by atoms with Crippen LogP contribution in [-0.4, -0.2) is 45.8 Å². The van der Waals surface area contributed by atoms with Gasteiger partial charge in [-0.2, -0.15) is 0 Å². The van der Waals surface area contributed by atoms with Gasteiger partial charge in [0.05, 0.1) is 4.90 Å². The summed E-state index contributed by atoms with van der Waals surface area (Å²) in [5.74, 6) is 1.72. The number of aromatic nitrogens is 1. The maximum atomic E-state index is 11.7. The number of hydrogen-bond donors (Lipinski definition) is 2. The van der Waals surface area contributed by atoms with E-state index in [1.165, 1.54) is 19.1 Å². The number of sulfone groups is 1. The summed E-state index contributed by atoms with van der Waals surface area (Å²) < 4.78 is 23.5. The van der Waals surface area contributed by atoms with Gasteiger partial charge in [-0.05, 0) is 48.6 Å². The molecule has 9 heteroatoms. The second-order valence-electron chi connectivity index (χ2n) is 7.37. The third kappa shape index (κ3) is 6.56. The molecule has 0 saturated carbocycles. The zero-order valence-corrected chi connectivity index (χ0v) is 20.8. The second-order valence-corrected chi connectivity index (χ2v) is 9.35. The number of nitrogens with one attached hydrogen (secondary N) is 2. The number of halogens is 1. The van der Waals surface area contributed by atoms with Gasteiger partial charge in [-0.3, -0.25) is 4.99 Å². The minimum Gasteiger partial charge on any atom is -0.357 e. The van der Waals surface area contributed by atoms with Crippen LogP contribution >= 0.6 is 24.0 Å². The van der Waals surface area contributed by atoms with E-state index in [-0.39, 0.29) is 24.0 Å². The number of pyridine rings is 1. The monoisotopic (exact) mass is 543 g/mol. The molecule has 3 rings (SSSR count). The Morgan fingerprint density at radius 3 is 2.27 bits per heavy atom. The van der Waals surface area contributed by atoms with Crippen molar-refractivity contribution in [1.29, 1.82) is 0 Å². The lowest BCUT2D eigenvalue weighted by molar-refractivity contribution is 0.601. The number of guanidine groups is 1. The first kappa shape index (κ1) is 24.4. The Balaban J connectivity index is 0.00000320. The van der Waals surface area contributed by atoms with Crippen LogP contribution in [0.3, 0.4) is 0 Å². The molecular weight excluding hydrogens is 513 g/mol. The van der Waals surface area contributed by atoms with Gasteiger partial charge in [-0.15, -0.1) is 24.0 Å². The highest BCUT2D eigenvalue weighted by molar-refractivity contribution is 14.0. The fourth-order valence-corrected chi connectivity index (χ4v) is 4.44. The lowest BCUT2D eigenvalue weighted by atomic mass is 10.1. The summed E-state index contributed by atoms with van der Waals surface area (Å²) in [6.07, 6.45) is 5.61. The van der Waals surface area contributed by atoms with E-state index in [1.807, 2.05) is 25.3 Å². The maximum Gasteiger partial charge on any atom is 0.191 e. The lowest BCUT2D eigenvalue weighted by Gasteiger charge is -2.17. The summed E-state index contributed by atoms with van der Waals surface area (Å²) in [6.45, 7) is 5.17. The molecule has 0 amide bonds. The summed E-state index contributed by atoms with van der Waals surface area (Å²) in [7, 11) is -1.48. The third-order valence-electron chi connectivity index (χ3n) is 5.02. The summed E-state index contributed by atoms with van der Waals surface area (Å²) in [6, 6.07) is 9.53. The predicted molar refractivity (Wildman–Crippen MR) is 132 cm³/mol. The van der Waals surface area contributed by atoms with E-state index in [9.17, 15) is 8.42 Å². The van der Waals surface area contributed by atoms with Crippen LogP contribution < -0.4 is 15.5 Å². The van der Waals surface area contributed by atoms with E-state index >= 15 is 0 Å². The van der Waals surface area contributed by atoms with E-state index in [1.54, 1.807) is 13.1 Å². The molecule has 0 atom stereocenters. The van der Waals surface area contributed by atoms with Crippen LogP contribution in [0.25, 0.3) is 0 Å². The standard InChI is InChI=1S/C21H29N5O2S.HI/c1-16-12-17(6-8-19(16)29(3,27)28)13-24-21(22-2)25-15-18-7-9-20(23-14-18)26-10-4-5-11-26;/h6-9,12,14H,4-5,10-11,13,15H2,1-3H3,(H2,22,24,25);1H. The Morgan fingerprint density at radius 2 is 1.73 bits per heavy atom. The molecule has 2 aromatic rings. The van der Waals surface area contributed by atoms with Gasteiger partial charge < -0.3 is 15.5 Å². The number of nitrogens with zero attached hydrogens (tertiary/aromatic N) is 3. The van der Waals surface area contributed by atoms with E-state index < -0.39 is 9.84 Å². The van der Waals surface area contributed by atoms with Crippen molar-refractivity contribution in [2.24, 2.45) is 4.99 Å². The SMILES string of the molecule is CN=C(NCc1ccc(N2CCCC2)nc1)NCc1ccc(S(C)(=O)=O)c(C)c1.I. The van der Waals surface area contributed by atoms with E-state index in [4.69, 9.17) is 0 Å². The molecule has 0 radical (unpaired) electrons. The second kappa shape index (κ2) is 10.9. The van der Waals surface area contributed by atoms with Crippen LogP contribution in [0.15, 0.2) is 46.4 Å². The summed E-state index contributed by atoms with van der Waals surface area (Å²) in [4.78, 5) is 11.5. The van der Waals surface area contributed by atoms with Crippen molar-refractivity contribution in [2.45, 2.75) is 37.8 Å². The van der Waals surface area contributed by atoms with Crippen molar-refractivity contribution in [3.05, 3.63) is 53.2 Å². The van der Waals surface area contributed by atoms with Gasteiger partial charge in [0.2, 0.25) is 0 Å². The fraction of sp³-hybridized carbons (Fsp3) is 0.429. The number of benzene rings is 1. The molecule has 1 aromatic heterocycles. The fourth-order valence-electron chi connectivity index (χ4n) is 3.48. The van der Waals surface area contributed by atoms with Gasteiger partial charge in [0.1, 0.15) is 5.82 Å². The van der Waals surface area contributed by atoms with Crippen molar-refractivity contribution in [3.63, 3.8) is 0 Å². The first-order chi connectivity index (χ1) is 13.9. The van der Waals surface area contributed by atoms with Gasteiger partial charge in [-0.25, -0.2) is 13.4 Å². The number of anilines is 1. The average molecular weight is 543 g/mol. The first-order valence-electron chi connectivity index (χ1n) is 9.81. The Labute approximate surface area is 196 Å². The van der Waals surface area contributed by atoms with E-state index in [2.05, 4.69) is 37.6 Å². The minimum atomic E-state index is -3.20. The molecule has 7 nitrogen and oxygen atoms in total. The maximum absolute atomic E-state index is 11.7. The zero-order chi connectivity index (χ0) is 20.9. The molecule has 2 N–H and O–H groups in total. The Kier molecular flexibility index (Phi) is 8.90. The van der Waals surface area contributed by atoms with E-state index in [0.717, 1.165) is 35.6 Å². The van der Waals surface area contributed by atoms with Crippen LogP contribution in [0.5, 0.6) is 0 Å². The number of hydrogen-bond acceptors (Lipinski definition) is 5. The van der Waals surface area contributed by atoms with Gasteiger partial charge in [0.25, 0.3) is 0 Å². The van der Waals surface area contributed by atoms with Crippen molar-refractivity contribution < 1.29 is 8.42 Å². The highest BCUT2D eigenvalue weighted by Crippen LogP contribution is 2.18. The van der Waals surface area contributed by atoms with Crippen LogP contribution in [0, 0.1) is 6.92 Å². The number of aliphatic imine (C=N–C) groups is 1. The first-order valence-corrected chi connectivity index (χ1v) is 11.7. The summed E-state index contributed by atoms with van der Waals surface area (Å²) in [5.41, 5.74) is 2.83. The molecule has 1 aliphatic rings. The van der Waals surface area contributed by atoms with Gasteiger partial charge in [0.15, 0.2) is 15.8 Å². The molecule has 0 spiro atoms.